The molecule has 2 aromatic rings. The lowest BCUT2D eigenvalue weighted by Crippen LogP contribution is -2.55. The summed E-state index contributed by atoms with van der Waals surface area (Å²) >= 11 is 0. The molecule has 9 nitrogen and oxygen atoms in total. The van der Waals surface area contributed by atoms with Crippen molar-refractivity contribution in [1.82, 2.24) is 10.9 Å². The number of nitrogens with one attached hydrogen (secondary N) is 2. The van der Waals surface area contributed by atoms with E-state index in [-0.39, 0.29) is 35.6 Å². The Hall–Kier alpha value is -2.95. The first-order valence-corrected chi connectivity index (χ1v) is 13.4. The zero-order chi connectivity index (χ0) is 24.9. The van der Waals surface area contributed by atoms with E-state index in [2.05, 4.69) is 15.8 Å². The van der Waals surface area contributed by atoms with Gasteiger partial charge >= 0.3 is 0 Å². The van der Waals surface area contributed by atoms with Crippen LogP contribution < -0.4 is 15.6 Å². The summed E-state index contributed by atoms with van der Waals surface area (Å²) in [5.41, 5.74) is 4.97. The number of hydrogen-bond acceptors (Lipinski definition) is 8. The van der Waals surface area contributed by atoms with Crippen LogP contribution >= 0.6 is 0 Å². The Balaban J connectivity index is 1.56. The standard InChI is InChI=1S/C25H31N3O6S/c1-18-25(24(30)28-27-20-10-11-20,14-17-35(31,32)22-6-3-2-4-7-22)26-23(34-18)19-8-12-21(13-9-19)33-16-5-15-29/h2-4,6-9,12-13,18,20,27,29H,5,10-11,14-17H2,1H3,(H,28,30)/t18-,25-/m0/s1. The largest absolute Gasteiger partial charge is 0.494 e. The molecule has 1 aliphatic carbocycles. The number of sulfone groups is 1. The lowest BCUT2D eigenvalue weighted by atomic mass is 9.90. The Labute approximate surface area is 205 Å². The fourth-order valence-electron chi connectivity index (χ4n) is 3.79. The zero-order valence-electron chi connectivity index (χ0n) is 19.6. The molecule has 1 aliphatic heterocycles. The third-order valence-electron chi connectivity index (χ3n) is 6.15. The van der Waals surface area contributed by atoms with Gasteiger partial charge in [-0.1, -0.05) is 18.2 Å². The first-order valence-electron chi connectivity index (χ1n) is 11.8. The van der Waals surface area contributed by atoms with Crippen molar-refractivity contribution in [2.45, 2.75) is 55.2 Å². The highest BCUT2D eigenvalue weighted by molar-refractivity contribution is 7.91. The van der Waals surface area contributed by atoms with Gasteiger partial charge in [0.1, 0.15) is 11.9 Å². The van der Waals surface area contributed by atoms with Gasteiger partial charge in [-0.3, -0.25) is 10.2 Å². The summed E-state index contributed by atoms with van der Waals surface area (Å²) < 4.78 is 37.5. The molecule has 2 atom stereocenters. The normalized spacial score (nSPS) is 21.8. The van der Waals surface area contributed by atoms with Gasteiger partial charge in [0.2, 0.25) is 5.90 Å². The maximum atomic E-state index is 13.3. The van der Waals surface area contributed by atoms with E-state index < -0.39 is 27.4 Å². The molecule has 188 valence electrons. The minimum Gasteiger partial charge on any atom is -0.494 e. The third-order valence-corrected chi connectivity index (χ3v) is 7.88. The predicted octanol–water partition coefficient (Wildman–Crippen LogP) is 2.00. The van der Waals surface area contributed by atoms with Crippen molar-refractivity contribution in [2.24, 2.45) is 4.99 Å². The average molecular weight is 502 g/mol. The summed E-state index contributed by atoms with van der Waals surface area (Å²) in [5.74, 6) is 0.244. The lowest BCUT2D eigenvalue weighted by Gasteiger charge is -2.28. The number of aliphatic hydroxyl groups is 1. The van der Waals surface area contributed by atoms with Crippen molar-refractivity contribution >= 4 is 21.6 Å². The van der Waals surface area contributed by atoms with Crippen molar-refractivity contribution < 1.29 is 27.8 Å². The zero-order valence-corrected chi connectivity index (χ0v) is 20.5. The van der Waals surface area contributed by atoms with Crippen LogP contribution in [0.5, 0.6) is 5.75 Å². The molecule has 2 aliphatic rings. The van der Waals surface area contributed by atoms with Crippen LogP contribution in [0, 0.1) is 0 Å². The highest BCUT2D eigenvalue weighted by Crippen LogP contribution is 2.33. The number of aliphatic hydroxyl groups excluding tert-OH is 1. The second-order valence-electron chi connectivity index (χ2n) is 8.81. The number of carbonyl (C=O) groups is 1. The topological polar surface area (TPSA) is 126 Å². The third kappa shape index (κ3) is 6.01. The van der Waals surface area contributed by atoms with E-state index in [1.54, 1.807) is 61.5 Å². The SMILES string of the molecule is C[C@@H]1OC(c2ccc(OCCCO)cc2)=N[C@]1(CCS(=O)(=O)c1ccccc1)C(=O)NNC1CC1. The molecule has 0 spiro atoms. The van der Waals surface area contributed by atoms with Gasteiger partial charge in [-0.2, -0.15) is 0 Å². The highest BCUT2D eigenvalue weighted by atomic mass is 32.2. The average Bonchev–Trinajstić information content (AvgIpc) is 3.64. The Kier molecular flexibility index (Phi) is 7.73. The van der Waals surface area contributed by atoms with Gasteiger partial charge in [-0.15, -0.1) is 0 Å². The van der Waals surface area contributed by atoms with Crippen LogP contribution in [-0.2, 0) is 19.4 Å². The van der Waals surface area contributed by atoms with E-state index in [9.17, 15) is 13.2 Å². The highest BCUT2D eigenvalue weighted by Gasteiger charge is 2.51. The minimum atomic E-state index is -3.62. The number of ether oxygens (including phenoxy) is 2. The van der Waals surface area contributed by atoms with E-state index in [1.807, 2.05) is 0 Å². The molecule has 2 aromatic carbocycles. The molecule has 0 bridgehead atoms. The van der Waals surface area contributed by atoms with Crippen LogP contribution in [0.3, 0.4) is 0 Å². The van der Waals surface area contributed by atoms with Gasteiger partial charge in [0.15, 0.2) is 15.4 Å². The first kappa shape index (κ1) is 25.2. The number of aliphatic imine (C=N–C) groups is 1. The van der Waals surface area contributed by atoms with Crippen molar-refractivity contribution in [2.75, 3.05) is 19.0 Å². The van der Waals surface area contributed by atoms with Crippen molar-refractivity contribution in [1.29, 1.82) is 0 Å². The monoisotopic (exact) mass is 501 g/mol. The van der Waals surface area contributed by atoms with Crippen molar-refractivity contribution in [3.05, 3.63) is 60.2 Å². The fourth-order valence-corrected chi connectivity index (χ4v) is 5.18. The Morgan fingerprint density at radius 2 is 1.89 bits per heavy atom. The van der Waals surface area contributed by atoms with Crippen LogP contribution in [0.15, 0.2) is 64.5 Å². The van der Waals surface area contributed by atoms with Crippen molar-refractivity contribution in [3.63, 3.8) is 0 Å². The number of nitrogens with zero attached hydrogens (tertiary/aromatic N) is 1. The molecule has 35 heavy (non-hydrogen) atoms. The van der Waals surface area contributed by atoms with Gasteiger partial charge < -0.3 is 14.6 Å². The molecule has 0 radical (unpaired) electrons. The van der Waals surface area contributed by atoms with Gasteiger partial charge in [0, 0.05) is 24.6 Å². The van der Waals surface area contributed by atoms with Crippen LogP contribution in [0.1, 0.15) is 38.2 Å². The predicted molar refractivity (Wildman–Crippen MR) is 131 cm³/mol. The molecule has 0 saturated heterocycles. The minimum absolute atomic E-state index is 0.0323. The summed E-state index contributed by atoms with van der Waals surface area (Å²) in [6, 6.07) is 15.5. The molecular weight excluding hydrogens is 470 g/mol. The summed E-state index contributed by atoms with van der Waals surface area (Å²) in [4.78, 5) is 18.2. The molecule has 4 rings (SSSR count). The number of amides is 1. The Morgan fingerprint density at radius 3 is 2.54 bits per heavy atom. The number of hydrazine groups is 1. The molecule has 0 aromatic heterocycles. The maximum absolute atomic E-state index is 13.3. The lowest BCUT2D eigenvalue weighted by molar-refractivity contribution is -0.129. The molecule has 0 unspecified atom stereocenters. The van der Waals surface area contributed by atoms with Crippen LogP contribution in [0.4, 0.5) is 0 Å². The maximum Gasteiger partial charge on any atom is 0.266 e. The smallest absolute Gasteiger partial charge is 0.266 e. The summed E-state index contributed by atoms with van der Waals surface area (Å²) in [7, 11) is -3.62. The second kappa shape index (κ2) is 10.8. The van der Waals surface area contributed by atoms with E-state index in [1.165, 1.54) is 0 Å². The van der Waals surface area contributed by atoms with E-state index >= 15 is 0 Å². The summed E-state index contributed by atoms with van der Waals surface area (Å²) in [6.45, 7) is 2.19. The number of rotatable bonds is 12. The Bertz CT molecular complexity index is 1150. The molecule has 1 amide bonds. The first-order chi connectivity index (χ1) is 16.8. The molecule has 1 fully saturated rings. The fraction of sp³-hybridized carbons (Fsp3) is 0.440. The van der Waals surface area contributed by atoms with Crippen LogP contribution in [-0.4, -0.2) is 62.0 Å². The van der Waals surface area contributed by atoms with E-state index in [4.69, 9.17) is 14.6 Å². The van der Waals surface area contributed by atoms with Crippen LogP contribution in [0.25, 0.3) is 0 Å². The summed E-state index contributed by atoms with van der Waals surface area (Å²) in [6.07, 6.45) is 1.78. The van der Waals surface area contributed by atoms with Crippen LogP contribution in [0.2, 0.25) is 0 Å². The van der Waals surface area contributed by atoms with Gasteiger partial charge in [0.05, 0.1) is 17.3 Å². The molecular formula is C25H31N3O6S. The van der Waals surface area contributed by atoms with E-state index in [0.717, 1.165) is 12.8 Å². The molecule has 10 heteroatoms. The number of carbonyl (C=O) groups excluding carboxylic acids is 1. The second-order valence-corrected chi connectivity index (χ2v) is 10.9. The van der Waals surface area contributed by atoms with Gasteiger partial charge in [0.25, 0.3) is 5.91 Å². The molecule has 1 saturated carbocycles. The van der Waals surface area contributed by atoms with Gasteiger partial charge in [-0.05, 0) is 62.6 Å². The number of hydrogen-bond donors (Lipinski definition) is 3. The van der Waals surface area contributed by atoms with Gasteiger partial charge in [-0.25, -0.2) is 18.8 Å². The summed E-state index contributed by atoms with van der Waals surface area (Å²) in [5, 5.41) is 8.89. The van der Waals surface area contributed by atoms with E-state index in [0.29, 0.717) is 24.3 Å². The Morgan fingerprint density at radius 1 is 1.17 bits per heavy atom. The van der Waals surface area contributed by atoms with Crippen molar-refractivity contribution in [3.8, 4) is 5.75 Å². The number of benzene rings is 2. The molecule has 3 N–H and O–H groups in total. The molecule has 1 heterocycles. The quantitative estimate of drug-likeness (QED) is 0.300.